The third-order valence-corrected chi connectivity index (χ3v) is 3.88. The van der Waals surface area contributed by atoms with Crippen LogP contribution in [-0.2, 0) is 0 Å². The van der Waals surface area contributed by atoms with Gasteiger partial charge in [0.05, 0.1) is 22.1 Å². The monoisotopic (exact) mass is 302 g/mol. The average Bonchev–Trinajstić information content (AvgIpc) is 2.82. The van der Waals surface area contributed by atoms with Crippen molar-refractivity contribution < 1.29 is 4.39 Å². The first-order chi connectivity index (χ1) is 9.99. The molecule has 0 aliphatic carbocycles. The van der Waals surface area contributed by atoms with Gasteiger partial charge in [0.25, 0.3) is 0 Å². The predicted octanol–water partition coefficient (Wildman–Crippen LogP) is 5.08. The second kappa shape index (κ2) is 5.15. The Morgan fingerprint density at radius 1 is 1.14 bits per heavy atom. The van der Waals surface area contributed by atoms with Crippen molar-refractivity contribution in [2.75, 3.05) is 0 Å². The van der Waals surface area contributed by atoms with Crippen LogP contribution in [-0.4, -0.2) is 9.55 Å². The predicted molar refractivity (Wildman–Crippen MR) is 84.8 cm³/mol. The number of hydrogen-bond acceptors (Lipinski definition) is 1. The van der Waals surface area contributed by atoms with Gasteiger partial charge in [0, 0.05) is 0 Å². The summed E-state index contributed by atoms with van der Waals surface area (Å²) in [4.78, 5) is 4.67. The van der Waals surface area contributed by atoms with Crippen molar-refractivity contribution in [3.05, 3.63) is 59.2 Å². The number of halogens is 2. The molecule has 2 aromatic carbocycles. The highest BCUT2D eigenvalue weighted by Crippen LogP contribution is 2.31. The van der Waals surface area contributed by atoms with Crippen LogP contribution >= 0.6 is 11.6 Å². The molecule has 0 radical (unpaired) electrons. The van der Waals surface area contributed by atoms with Gasteiger partial charge in [-0.25, -0.2) is 9.37 Å². The van der Waals surface area contributed by atoms with E-state index in [-0.39, 0.29) is 11.2 Å². The second-order valence-corrected chi connectivity index (χ2v) is 5.95. The molecule has 1 atom stereocenters. The van der Waals surface area contributed by atoms with Gasteiger partial charge in [-0.1, -0.05) is 18.2 Å². The fraction of sp³-hybridized carbons (Fsp3) is 0.235. The Kier molecular flexibility index (Phi) is 3.46. The van der Waals surface area contributed by atoms with Gasteiger partial charge in [0.1, 0.15) is 11.6 Å². The minimum absolute atomic E-state index is 0.264. The summed E-state index contributed by atoms with van der Waals surface area (Å²) in [5.74, 6) is 0.466. The molecule has 21 heavy (non-hydrogen) atoms. The number of nitrogens with zero attached hydrogens (tertiary/aromatic N) is 2. The molecule has 0 aliphatic rings. The van der Waals surface area contributed by atoms with Crippen LogP contribution in [0.2, 0.25) is 0 Å². The van der Waals surface area contributed by atoms with E-state index in [1.807, 2.05) is 43.5 Å². The number of para-hydroxylation sites is 1. The molecule has 0 bridgehead atoms. The first kappa shape index (κ1) is 14.1. The topological polar surface area (TPSA) is 17.8 Å². The maximum absolute atomic E-state index is 13.7. The summed E-state index contributed by atoms with van der Waals surface area (Å²) in [6, 6.07) is 10.7. The lowest BCUT2D eigenvalue weighted by Gasteiger charge is -2.13. The first-order valence-electron chi connectivity index (χ1n) is 6.87. The molecule has 3 aromatic rings. The van der Waals surface area contributed by atoms with Crippen molar-refractivity contribution in [3.8, 4) is 5.69 Å². The second-order valence-electron chi connectivity index (χ2n) is 5.29. The van der Waals surface area contributed by atoms with E-state index < -0.39 is 0 Å². The molecule has 0 saturated heterocycles. The number of fused-ring (bicyclic) bond motifs is 1. The molecule has 0 fully saturated rings. The molecule has 0 N–H and O–H groups in total. The summed E-state index contributed by atoms with van der Waals surface area (Å²) in [7, 11) is 0. The van der Waals surface area contributed by atoms with Gasteiger partial charge in [-0.15, -0.1) is 11.6 Å². The van der Waals surface area contributed by atoms with E-state index in [0.717, 1.165) is 33.7 Å². The summed E-state index contributed by atoms with van der Waals surface area (Å²) < 4.78 is 15.6. The molecule has 2 nitrogen and oxygen atoms in total. The Bertz CT molecular complexity index is 821. The highest BCUT2D eigenvalue weighted by molar-refractivity contribution is 6.20. The van der Waals surface area contributed by atoms with E-state index in [9.17, 15) is 4.39 Å². The summed E-state index contributed by atoms with van der Waals surface area (Å²) >= 11 is 6.30. The third kappa shape index (κ3) is 2.32. The fourth-order valence-corrected chi connectivity index (χ4v) is 2.75. The molecule has 108 valence electrons. The Morgan fingerprint density at radius 3 is 2.62 bits per heavy atom. The van der Waals surface area contributed by atoms with Crippen LogP contribution < -0.4 is 0 Å². The molecule has 0 saturated carbocycles. The molecule has 0 amide bonds. The van der Waals surface area contributed by atoms with Gasteiger partial charge in [0.2, 0.25) is 0 Å². The number of aryl methyl sites for hydroxylation is 2. The zero-order valence-corrected chi connectivity index (χ0v) is 12.9. The first-order valence-corrected chi connectivity index (χ1v) is 7.31. The molecule has 1 heterocycles. The Balaban J connectivity index is 2.42. The van der Waals surface area contributed by atoms with Crippen molar-refractivity contribution >= 4 is 22.6 Å². The van der Waals surface area contributed by atoms with Gasteiger partial charge in [0.15, 0.2) is 0 Å². The van der Waals surface area contributed by atoms with Crippen LogP contribution in [0.4, 0.5) is 4.39 Å². The van der Waals surface area contributed by atoms with E-state index in [1.54, 1.807) is 6.07 Å². The summed E-state index contributed by atoms with van der Waals surface area (Å²) in [6.07, 6.45) is 0. The van der Waals surface area contributed by atoms with E-state index in [4.69, 9.17) is 11.6 Å². The minimum Gasteiger partial charge on any atom is -0.295 e. The van der Waals surface area contributed by atoms with Gasteiger partial charge < -0.3 is 0 Å². The van der Waals surface area contributed by atoms with Gasteiger partial charge >= 0.3 is 0 Å². The van der Waals surface area contributed by atoms with Crippen molar-refractivity contribution in [3.63, 3.8) is 0 Å². The zero-order valence-electron chi connectivity index (χ0n) is 12.2. The molecular weight excluding hydrogens is 287 g/mol. The quantitative estimate of drug-likeness (QED) is 0.604. The number of aromatic nitrogens is 2. The Labute approximate surface area is 128 Å². The average molecular weight is 303 g/mol. The van der Waals surface area contributed by atoms with E-state index >= 15 is 0 Å². The number of hydrogen-bond donors (Lipinski definition) is 0. The Hall–Kier alpha value is -1.87. The van der Waals surface area contributed by atoms with Crippen molar-refractivity contribution in [2.45, 2.75) is 26.1 Å². The van der Waals surface area contributed by atoms with Crippen LogP contribution in [0.1, 0.15) is 29.3 Å². The molecule has 1 aromatic heterocycles. The van der Waals surface area contributed by atoms with Crippen molar-refractivity contribution in [1.82, 2.24) is 9.55 Å². The molecule has 1 unspecified atom stereocenters. The van der Waals surface area contributed by atoms with Crippen LogP contribution in [0.5, 0.6) is 0 Å². The molecule has 0 spiro atoms. The summed E-state index contributed by atoms with van der Waals surface area (Å²) in [5.41, 5.74) is 4.70. The van der Waals surface area contributed by atoms with E-state index in [1.165, 1.54) is 12.1 Å². The molecular formula is C17H16ClFN2. The normalized spacial score (nSPS) is 12.8. The molecule has 0 aliphatic heterocycles. The Morgan fingerprint density at radius 2 is 1.90 bits per heavy atom. The SMILES string of the molecule is Cc1ccc(F)cc1-n1c(C(C)Cl)nc2c(C)cccc21. The van der Waals surface area contributed by atoms with Crippen LogP contribution in [0.15, 0.2) is 36.4 Å². The minimum atomic E-state index is -0.265. The van der Waals surface area contributed by atoms with Gasteiger partial charge in [-0.3, -0.25) is 4.57 Å². The number of alkyl halides is 1. The lowest BCUT2D eigenvalue weighted by Crippen LogP contribution is -2.04. The highest BCUT2D eigenvalue weighted by atomic mass is 35.5. The smallest absolute Gasteiger partial charge is 0.132 e. The van der Waals surface area contributed by atoms with Gasteiger partial charge in [-0.2, -0.15) is 0 Å². The molecule has 4 heteroatoms. The number of rotatable bonds is 2. The van der Waals surface area contributed by atoms with Gasteiger partial charge in [-0.05, 0) is 50.1 Å². The van der Waals surface area contributed by atoms with Crippen LogP contribution in [0.3, 0.4) is 0 Å². The number of imidazole rings is 1. The van der Waals surface area contributed by atoms with E-state index in [0.29, 0.717) is 0 Å². The third-order valence-electron chi connectivity index (χ3n) is 3.68. The maximum atomic E-state index is 13.7. The lowest BCUT2D eigenvalue weighted by atomic mass is 10.1. The van der Waals surface area contributed by atoms with Crippen LogP contribution in [0, 0.1) is 19.7 Å². The zero-order chi connectivity index (χ0) is 15.1. The van der Waals surface area contributed by atoms with Crippen molar-refractivity contribution in [2.24, 2.45) is 0 Å². The maximum Gasteiger partial charge on any atom is 0.132 e. The summed E-state index contributed by atoms with van der Waals surface area (Å²) in [5, 5.41) is -0.264. The molecule has 3 rings (SSSR count). The number of benzene rings is 2. The van der Waals surface area contributed by atoms with Crippen molar-refractivity contribution in [1.29, 1.82) is 0 Å². The van der Waals surface area contributed by atoms with E-state index in [2.05, 4.69) is 4.98 Å². The van der Waals surface area contributed by atoms with Crippen LogP contribution in [0.25, 0.3) is 16.7 Å². The lowest BCUT2D eigenvalue weighted by molar-refractivity contribution is 0.625. The standard InChI is InChI=1S/C17H16ClFN2/c1-10-7-8-13(19)9-15(10)21-14-6-4-5-11(2)16(14)20-17(21)12(3)18/h4-9,12H,1-3H3. The largest absolute Gasteiger partial charge is 0.295 e. The fourth-order valence-electron chi connectivity index (χ4n) is 2.60. The summed E-state index contributed by atoms with van der Waals surface area (Å²) in [6.45, 7) is 5.85. The highest BCUT2D eigenvalue weighted by Gasteiger charge is 2.18.